The molecule has 0 spiro atoms. The monoisotopic (exact) mass is 253 g/mol. The summed E-state index contributed by atoms with van der Waals surface area (Å²) in [7, 11) is 0. The molecule has 1 fully saturated rings. The van der Waals surface area contributed by atoms with Crippen LogP contribution in [0.5, 0.6) is 5.75 Å². The number of hydrogen-bond acceptors (Lipinski definition) is 2. The second-order valence-corrected chi connectivity index (χ2v) is 4.81. The van der Waals surface area contributed by atoms with Crippen LogP contribution >= 0.6 is 11.6 Å². The van der Waals surface area contributed by atoms with Gasteiger partial charge in [0.2, 0.25) is 0 Å². The first-order chi connectivity index (χ1) is 8.40. The van der Waals surface area contributed by atoms with Gasteiger partial charge in [-0.3, -0.25) is 4.90 Å². The molecule has 0 aromatic heterocycles. The molecular formula is C14H20ClNO. The Morgan fingerprint density at radius 2 is 2.12 bits per heavy atom. The Labute approximate surface area is 109 Å². The van der Waals surface area contributed by atoms with Gasteiger partial charge in [0.1, 0.15) is 5.75 Å². The van der Waals surface area contributed by atoms with Crippen molar-refractivity contribution in [1.29, 1.82) is 0 Å². The van der Waals surface area contributed by atoms with Crippen molar-refractivity contribution in [3.63, 3.8) is 0 Å². The van der Waals surface area contributed by atoms with Crippen molar-refractivity contribution in [2.24, 2.45) is 0 Å². The summed E-state index contributed by atoms with van der Waals surface area (Å²) in [6.45, 7) is 3.09. The third kappa shape index (κ3) is 3.90. The number of benzene rings is 1. The average molecular weight is 254 g/mol. The Kier molecular flexibility index (Phi) is 5.14. The van der Waals surface area contributed by atoms with Crippen molar-refractivity contribution in [2.75, 3.05) is 25.6 Å². The number of alkyl halides is 1. The molecule has 1 aliphatic rings. The quantitative estimate of drug-likeness (QED) is 0.570. The molecule has 0 bridgehead atoms. The zero-order valence-corrected chi connectivity index (χ0v) is 10.9. The number of ether oxygens (including phenoxy) is 1. The van der Waals surface area contributed by atoms with Crippen LogP contribution in [-0.2, 0) is 0 Å². The predicted octanol–water partition coefficient (Wildman–Crippen LogP) is 3.16. The SMILES string of the molecule is ClCC1CCCN1CCCOc1ccccc1. The zero-order valence-electron chi connectivity index (χ0n) is 10.1. The van der Waals surface area contributed by atoms with E-state index in [4.69, 9.17) is 16.3 Å². The predicted molar refractivity (Wildman–Crippen MR) is 71.9 cm³/mol. The molecule has 0 amide bonds. The van der Waals surface area contributed by atoms with Gasteiger partial charge < -0.3 is 4.74 Å². The van der Waals surface area contributed by atoms with Crippen molar-refractivity contribution < 1.29 is 4.74 Å². The third-order valence-electron chi connectivity index (χ3n) is 3.28. The number of rotatable bonds is 6. The van der Waals surface area contributed by atoms with E-state index in [-0.39, 0.29) is 0 Å². The molecule has 3 heteroatoms. The third-order valence-corrected chi connectivity index (χ3v) is 3.64. The fourth-order valence-corrected chi connectivity index (χ4v) is 2.69. The normalized spacial score (nSPS) is 20.6. The maximum absolute atomic E-state index is 5.94. The largest absolute Gasteiger partial charge is 0.494 e. The molecule has 0 saturated carbocycles. The van der Waals surface area contributed by atoms with Gasteiger partial charge in [-0.25, -0.2) is 0 Å². The van der Waals surface area contributed by atoms with E-state index in [1.807, 2.05) is 30.3 Å². The van der Waals surface area contributed by atoms with Crippen LogP contribution in [0.4, 0.5) is 0 Å². The second kappa shape index (κ2) is 6.87. The molecule has 2 rings (SSSR count). The number of halogens is 1. The molecule has 0 N–H and O–H groups in total. The van der Waals surface area contributed by atoms with E-state index in [0.717, 1.165) is 31.2 Å². The van der Waals surface area contributed by atoms with Crippen LogP contribution in [0, 0.1) is 0 Å². The molecule has 1 aromatic rings. The van der Waals surface area contributed by atoms with E-state index in [9.17, 15) is 0 Å². The highest BCUT2D eigenvalue weighted by Gasteiger charge is 2.22. The lowest BCUT2D eigenvalue weighted by Gasteiger charge is -2.22. The van der Waals surface area contributed by atoms with Crippen LogP contribution in [0.15, 0.2) is 30.3 Å². The molecule has 0 aliphatic carbocycles. The summed E-state index contributed by atoms with van der Waals surface area (Å²) in [5, 5.41) is 0. The summed E-state index contributed by atoms with van der Waals surface area (Å²) in [5.74, 6) is 1.72. The van der Waals surface area contributed by atoms with E-state index < -0.39 is 0 Å². The van der Waals surface area contributed by atoms with Crippen molar-refractivity contribution in [2.45, 2.75) is 25.3 Å². The number of nitrogens with zero attached hydrogens (tertiary/aromatic N) is 1. The van der Waals surface area contributed by atoms with Crippen molar-refractivity contribution in [3.05, 3.63) is 30.3 Å². The van der Waals surface area contributed by atoms with E-state index in [0.29, 0.717) is 6.04 Å². The Bertz CT molecular complexity index is 317. The second-order valence-electron chi connectivity index (χ2n) is 4.50. The summed E-state index contributed by atoms with van der Waals surface area (Å²) in [6, 6.07) is 10.6. The molecule has 1 unspecified atom stereocenters. The first kappa shape index (κ1) is 12.7. The molecule has 1 heterocycles. The minimum absolute atomic E-state index is 0.591. The standard InChI is InChI=1S/C14H20ClNO/c15-12-13-6-4-9-16(13)10-5-11-17-14-7-2-1-3-8-14/h1-3,7-8,13H,4-6,9-12H2. The summed E-state index contributed by atoms with van der Waals surface area (Å²) in [5.41, 5.74) is 0. The van der Waals surface area contributed by atoms with Gasteiger partial charge in [-0.2, -0.15) is 0 Å². The summed E-state index contributed by atoms with van der Waals surface area (Å²) < 4.78 is 5.68. The highest BCUT2D eigenvalue weighted by molar-refractivity contribution is 6.18. The molecule has 1 aromatic carbocycles. The molecule has 1 aliphatic heterocycles. The van der Waals surface area contributed by atoms with Gasteiger partial charge in [0.25, 0.3) is 0 Å². The van der Waals surface area contributed by atoms with Crippen LogP contribution in [0.3, 0.4) is 0 Å². The zero-order chi connectivity index (χ0) is 11.9. The van der Waals surface area contributed by atoms with E-state index >= 15 is 0 Å². The molecule has 17 heavy (non-hydrogen) atoms. The van der Waals surface area contributed by atoms with Gasteiger partial charge in [0.05, 0.1) is 6.61 Å². The molecule has 0 radical (unpaired) electrons. The summed E-state index contributed by atoms with van der Waals surface area (Å²) in [6.07, 6.45) is 3.61. The number of para-hydroxylation sites is 1. The molecule has 1 saturated heterocycles. The Balaban J connectivity index is 1.63. The first-order valence-electron chi connectivity index (χ1n) is 6.38. The van der Waals surface area contributed by atoms with Crippen molar-refractivity contribution >= 4 is 11.6 Å². The van der Waals surface area contributed by atoms with Crippen LogP contribution in [0.1, 0.15) is 19.3 Å². The van der Waals surface area contributed by atoms with Crippen LogP contribution in [-0.4, -0.2) is 36.5 Å². The maximum Gasteiger partial charge on any atom is 0.119 e. The molecular weight excluding hydrogens is 234 g/mol. The van der Waals surface area contributed by atoms with Gasteiger partial charge in [-0.05, 0) is 37.9 Å². The lowest BCUT2D eigenvalue weighted by atomic mass is 10.2. The molecule has 94 valence electrons. The van der Waals surface area contributed by atoms with Crippen LogP contribution in [0.2, 0.25) is 0 Å². The van der Waals surface area contributed by atoms with Crippen molar-refractivity contribution in [3.8, 4) is 5.75 Å². The van der Waals surface area contributed by atoms with E-state index in [2.05, 4.69) is 4.90 Å². The van der Waals surface area contributed by atoms with Crippen LogP contribution < -0.4 is 4.74 Å². The summed E-state index contributed by atoms with van der Waals surface area (Å²) >= 11 is 5.94. The van der Waals surface area contributed by atoms with Gasteiger partial charge in [-0.15, -0.1) is 11.6 Å². The molecule has 2 nitrogen and oxygen atoms in total. The lowest BCUT2D eigenvalue weighted by Crippen LogP contribution is -2.32. The Hall–Kier alpha value is -0.730. The summed E-state index contributed by atoms with van der Waals surface area (Å²) in [4.78, 5) is 2.49. The van der Waals surface area contributed by atoms with Crippen LogP contribution in [0.25, 0.3) is 0 Å². The minimum Gasteiger partial charge on any atom is -0.494 e. The average Bonchev–Trinajstić information content (AvgIpc) is 2.83. The number of likely N-dealkylation sites (tertiary alicyclic amines) is 1. The molecule has 1 atom stereocenters. The van der Waals surface area contributed by atoms with E-state index in [1.54, 1.807) is 0 Å². The fraction of sp³-hybridized carbons (Fsp3) is 0.571. The Morgan fingerprint density at radius 1 is 1.29 bits per heavy atom. The lowest BCUT2D eigenvalue weighted by molar-refractivity contribution is 0.231. The number of hydrogen-bond donors (Lipinski definition) is 0. The first-order valence-corrected chi connectivity index (χ1v) is 6.91. The van der Waals surface area contributed by atoms with Gasteiger partial charge in [0, 0.05) is 18.5 Å². The highest BCUT2D eigenvalue weighted by atomic mass is 35.5. The van der Waals surface area contributed by atoms with Gasteiger partial charge >= 0.3 is 0 Å². The van der Waals surface area contributed by atoms with E-state index in [1.165, 1.54) is 19.4 Å². The highest BCUT2D eigenvalue weighted by Crippen LogP contribution is 2.18. The maximum atomic E-state index is 5.94. The fourth-order valence-electron chi connectivity index (χ4n) is 2.34. The Morgan fingerprint density at radius 3 is 2.88 bits per heavy atom. The van der Waals surface area contributed by atoms with Gasteiger partial charge in [-0.1, -0.05) is 18.2 Å². The minimum atomic E-state index is 0.591. The van der Waals surface area contributed by atoms with Crippen molar-refractivity contribution in [1.82, 2.24) is 4.90 Å². The smallest absolute Gasteiger partial charge is 0.119 e. The van der Waals surface area contributed by atoms with Gasteiger partial charge in [0.15, 0.2) is 0 Å². The topological polar surface area (TPSA) is 12.5 Å².